The van der Waals surface area contributed by atoms with E-state index >= 15 is 0 Å². The minimum absolute atomic E-state index is 0.0424. The van der Waals surface area contributed by atoms with Gasteiger partial charge in [0, 0.05) is 37.9 Å². The van der Waals surface area contributed by atoms with Crippen LogP contribution in [0.5, 0.6) is 0 Å². The van der Waals surface area contributed by atoms with Gasteiger partial charge in [0.25, 0.3) is 0 Å². The first kappa shape index (κ1) is 15.3. The van der Waals surface area contributed by atoms with Crippen molar-refractivity contribution in [2.24, 2.45) is 0 Å². The molecule has 1 fully saturated rings. The van der Waals surface area contributed by atoms with E-state index in [2.05, 4.69) is 14.9 Å². The van der Waals surface area contributed by atoms with Gasteiger partial charge in [0.2, 0.25) is 5.91 Å². The highest BCUT2D eigenvalue weighted by Crippen LogP contribution is 2.27. The molecule has 1 aromatic carbocycles. The van der Waals surface area contributed by atoms with Gasteiger partial charge in [-0.15, -0.1) is 0 Å². The summed E-state index contributed by atoms with van der Waals surface area (Å²) in [5.41, 5.74) is 0.375. The van der Waals surface area contributed by atoms with Crippen molar-refractivity contribution < 1.29 is 9.18 Å². The summed E-state index contributed by atoms with van der Waals surface area (Å²) in [5.74, 6) is 1.05. The summed E-state index contributed by atoms with van der Waals surface area (Å²) >= 11 is 0. The highest BCUT2D eigenvalue weighted by atomic mass is 19.1. The molecule has 4 rings (SSSR count). The van der Waals surface area contributed by atoms with Crippen molar-refractivity contribution in [3.63, 3.8) is 0 Å². The Kier molecular flexibility index (Phi) is 4.06. The Morgan fingerprint density at radius 2 is 2.12 bits per heavy atom. The third kappa shape index (κ3) is 2.71. The SMILES string of the molecule is O=C1C(NCC2CCCn3ccnc32)CCN1c1ccccc1F. The van der Waals surface area contributed by atoms with Crippen LogP contribution < -0.4 is 10.2 Å². The summed E-state index contributed by atoms with van der Waals surface area (Å²) in [7, 11) is 0. The van der Waals surface area contributed by atoms with E-state index in [9.17, 15) is 9.18 Å². The van der Waals surface area contributed by atoms with E-state index in [1.54, 1.807) is 23.1 Å². The van der Waals surface area contributed by atoms with Crippen molar-refractivity contribution in [1.82, 2.24) is 14.9 Å². The third-order valence-corrected chi connectivity index (χ3v) is 5.02. The zero-order valence-corrected chi connectivity index (χ0v) is 13.5. The van der Waals surface area contributed by atoms with Crippen molar-refractivity contribution in [2.45, 2.75) is 37.8 Å². The number of nitrogens with one attached hydrogen (secondary N) is 1. The van der Waals surface area contributed by atoms with Crippen LogP contribution in [0.2, 0.25) is 0 Å². The molecule has 2 unspecified atom stereocenters. The van der Waals surface area contributed by atoms with Crippen LogP contribution in [0.1, 0.15) is 31.0 Å². The summed E-state index contributed by atoms with van der Waals surface area (Å²) in [6.45, 7) is 2.31. The molecule has 0 aliphatic carbocycles. The number of amides is 1. The molecule has 5 nitrogen and oxygen atoms in total. The molecule has 0 saturated carbocycles. The van der Waals surface area contributed by atoms with Gasteiger partial charge in [0.1, 0.15) is 11.6 Å². The number of carbonyl (C=O) groups is 1. The summed E-state index contributed by atoms with van der Waals surface area (Å²) < 4.78 is 16.1. The molecule has 2 aromatic rings. The van der Waals surface area contributed by atoms with Crippen LogP contribution in [0.15, 0.2) is 36.7 Å². The summed E-state index contributed by atoms with van der Waals surface area (Å²) in [6, 6.07) is 6.21. The van der Waals surface area contributed by atoms with E-state index in [1.807, 2.05) is 12.4 Å². The average molecular weight is 328 g/mol. The molecule has 2 atom stereocenters. The maximum atomic E-state index is 13.9. The largest absolute Gasteiger partial charge is 0.335 e. The first-order valence-electron chi connectivity index (χ1n) is 8.54. The Morgan fingerprint density at radius 1 is 1.25 bits per heavy atom. The number of nitrogens with zero attached hydrogens (tertiary/aromatic N) is 3. The molecule has 0 bridgehead atoms. The minimum atomic E-state index is -0.346. The molecule has 24 heavy (non-hydrogen) atoms. The number of aromatic nitrogens is 2. The van der Waals surface area contributed by atoms with Crippen molar-refractivity contribution in [2.75, 3.05) is 18.0 Å². The van der Waals surface area contributed by atoms with Gasteiger partial charge in [-0.05, 0) is 31.4 Å². The van der Waals surface area contributed by atoms with Gasteiger partial charge in [0.05, 0.1) is 11.7 Å². The van der Waals surface area contributed by atoms with E-state index in [4.69, 9.17) is 0 Å². The molecule has 1 N–H and O–H groups in total. The number of hydrogen-bond donors (Lipinski definition) is 1. The van der Waals surface area contributed by atoms with Gasteiger partial charge in [-0.1, -0.05) is 12.1 Å². The van der Waals surface area contributed by atoms with Crippen LogP contribution in [-0.4, -0.2) is 34.6 Å². The first-order chi connectivity index (χ1) is 11.7. The fourth-order valence-electron chi connectivity index (χ4n) is 3.76. The second kappa shape index (κ2) is 6.36. The normalized spacial score (nSPS) is 23.5. The number of fused-ring (bicyclic) bond motifs is 1. The molecule has 0 radical (unpaired) electrons. The second-order valence-electron chi connectivity index (χ2n) is 6.51. The van der Waals surface area contributed by atoms with Gasteiger partial charge < -0.3 is 14.8 Å². The van der Waals surface area contributed by atoms with Crippen molar-refractivity contribution in [1.29, 1.82) is 0 Å². The Bertz CT molecular complexity index is 744. The standard InChI is InChI=1S/C18H21FN4O/c19-14-5-1-2-6-16(14)23-10-7-15(18(23)24)21-12-13-4-3-9-22-11-8-20-17(13)22/h1-2,5-6,8,11,13,15,21H,3-4,7,9-10,12H2. The van der Waals surface area contributed by atoms with Gasteiger partial charge in [-0.3, -0.25) is 4.79 Å². The zero-order chi connectivity index (χ0) is 16.5. The lowest BCUT2D eigenvalue weighted by Crippen LogP contribution is -2.41. The van der Waals surface area contributed by atoms with E-state index in [-0.39, 0.29) is 17.8 Å². The van der Waals surface area contributed by atoms with Crippen molar-refractivity contribution >= 4 is 11.6 Å². The molecule has 126 valence electrons. The summed E-state index contributed by atoms with van der Waals surface area (Å²) in [6.07, 6.45) is 6.78. The predicted molar refractivity (Wildman–Crippen MR) is 89.4 cm³/mol. The third-order valence-electron chi connectivity index (χ3n) is 5.02. The van der Waals surface area contributed by atoms with Gasteiger partial charge in [-0.2, -0.15) is 0 Å². The van der Waals surface area contributed by atoms with Gasteiger partial charge >= 0.3 is 0 Å². The molecule has 1 saturated heterocycles. The Morgan fingerprint density at radius 3 is 3.00 bits per heavy atom. The number of benzene rings is 1. The number of aryl methyl sites for hydroxylation is 1. The molecular weight excluding hydrogens is 307 g/mol. The number of carbonyl (C=O) groups excluding carboxylic acids is 1. The molecular formula is C18H21FN4O. The number of imidazole rings is 1. The molecule has 6 heteroatoms. The van der Waals surface area contributed by atoms with E-state index in [1.165, 1.54) is 6.07 Å². The lowest BCUT2D eigenvalue weighted by molar-refractivity contribution is -0.118. The molecule has 0 spiro atoms. The second-order valence-corrected chi connectivity index (χ2v) is 6.51. The van der Waals surface area contributed by atoms with Gasteiger partial charge in [0.15, 0.2) is 0 Å². The molecule has 2 aliphatic rings. The fraction of sp³-hybridized carbons (Fsp3) is 0.444. The van der Waals surface area contributed by atoms with Crippen molar-refractivity contribution in [3.05, 3.63) is 48.3 Å². The number of halogens is 1. The van der Waals surface area contributed by atoms with E-state index < -0.39 is 0 Å². The monoisotopic (exact) mass is 328 g/mol. The number of anilines is 1. The highest BCUT2D eigenvalue weighted by Gasteiger charge is 2.34. The topological polar surface area (TPSA) is 50.2 Å². The van der Waals surface area contributed by atoms with Crippen molar-refractivity contribution in [3.8, 4) is 0 Å². The smallest absolute Gasteiger partial charge is 0.244 e. The van der Waals surface area contributed by atoms with E-state index in [0.29, 0.717) is 24.6 Å². The van der Waals surface area contributed by atoms with Gasteiger partial charge in [-0.25, -0.2) is 9.37 Å². The Hall–Kier alpha value is -2.21. The quantitative estimate of drug-likeness (QED) is 0.937. The van der Waals surface area contributed by atoms with E-state index in [0.717, 1.165) is 31.8 Å². The Labute approximate surface area is 140 Å². The number of hydrogen-bond acceptors (Lipinski definition) is 3. The lowest BCUT2D eigenvalue weighted by atomic mass is 9.98. The lowest BCUT2D eigenvalue weighted by Gasteiger charge is -2.25. The molecule has 3 heterocycles. The molecule has 2 aliphatic heterocycles. The summed E-state index contributed by atoms with van der Waals surface area (Å²) in [4.78, 5) is 18.6. The van der Waals surface area contributed by atoms with Crippen LogP contribution in [0.25, 0.3) is 0 Å². The zero-order valence-electron chi connectivity index (χ0n) is 13.5. The maximum absolute atomic E-state index is 13.9. The van der Waals surface area contributed by atoms with Crippen LogP contribution >= 0.6 is 0 Å². The fourth-order valence-corrected chi connectivity index (χ4v) is 3.76. The maximum Gasteiger partial charge on any atom is 0.244 e. The predicted octanol–water partition coefficient (Wildman–Crippen LogP) is 2.29. The molecule has 1 amide bonds. The van der Waals surface area contributed by atoms with Crippen LogP contribution in [0.3, 0.4) is 0 Å². The minimum Gasteiger partial charge on any atom is -0.335 e. The average Bonchev–Trinajstić information content (AvgIpc) is 3.21. The number of para-hydroxylation sites is 1. The van der Waals surface area contributed by atoms with Crippen LogP contribution in [0.4, 0.5) is 10.1 Å². The van der Waals surface area contributed by atoms with Crippen LogP contribution in [0, 0.1) is 5.82 Å². The summed E-state index contributed by atoms with van der Waals surface area (Å²) in [5, 5.41) is 3.38. The highest BCUT2D eigenvalue weighted by molar-refractivity contribution is 5.99. The Balaban J connectivity index is 1.41. The molecule has 1 aromatic heterocycles. The first-order valence-corrected chi connectivity index (χ1v) is 8.54. The number of rotatable bonds is 4. The van der Waals surface area contributed by atoms with Crippen LogP contribution in [-0.2, 0) is 11.3 Å².